The molecule has 0 aliphatic rings. The van der Waals surface area contributed by atoms with E-state index in [0.29, 0.717) is 18.2 Å². The summed E-state index contributed by atoms with van der Waals surface area (Å²) in [4.78, 5) is 15.8. The van der Waals surface area contributed by atoms with E-state index in [-0.39, 0.29) is 18.0 Å². The second kappa shape index (κ2) is 7.39. The first-order chi connectivity index (χ1) is 12.2. The number of nitrogens with zero attached hydrogens (tertiary/aromatic N) is 5. The van der Waals surface area contributed by atoms with Crippen molar-refractivity contribution < 1.29 is 9.53 Å². The van der Waals surface area contributed by atoms with Crippen molar-refractivity contribution in [1.29, 1.82) is 0 Å². The first kappa shape index (κ1) is 16.4. The number of anilines is 2. The molecule has 0 radical (unpaired) electrons. The zero-order chi connectivity index (χ0) is 17.6. The highest BCUT2D eigenvalue weighted by Crippen LogP contribution is 2.17. The lowest BCUT2D eigenvalue weighted by Crippen LogP contribution is -2.10. The maximum atomic E-state index is 11.8. The topological polar surface area (TPSA) is 121 Å². The number of hydrogen-bond donors (Lipinski definition) is 2. The van der Waals surface area contributed by atoms with Gasteiger partial charge in [0.15, 0.2) is 5.82 Å². The van der Waals surface area contributed by atoms with Crippen LogP contribution in [0.15, 0.2) is 42.9 Å². The van der Waals surface area contributed by atoms with Crippen LogP contribution in [0.2, 0.25) is 0 Å². The summed E-state index contributed by atoms with van der Waals surface area (Å²) in [5.41, 5.74) is 7.18. The van der Waals surface area contributed by atoms with Crippen molar-refractivity contribution in [3.05, 3.63) is 54.0 Å². The summed E-state index contributed by atoms with van der Waals surface area (Å²) in [6.07, 6.45) is 4.84. The monoisotopic (exact) mass is 339 g/mol. The summed E-state index contributed by atoms with van der Waals surface area (Å²) in [5, 5.41) is 15.4. The molecule has 25 heavy (non-hydrogen) atoms. The Bertz CT molecular complexity index is 847. The van der Waals surface area contributed by atoms with Crippen LogP contribution in [0.25, 0.3) is 5.82 Å². The van der Waals surface area contributed by atoms with E-state index in [4.69, 9.17) is 10.5 Å². The van der Waals surface area contributed by atoms with Crippen LogP contribution in [0.3, 0.4) is 0 Å². The molecule has 0 bridgehead atoms. The number of hydrogen-bond acceptors (Lipinski definition) is 8. The average Bonchev–Trinajstić information content (AvgIpc) is 3.03. The second-order valence-corrected chi connectivity index (χ2v) is 5.07. The number of carbonyl (C=O) groups excluding carboxylic acids is 1. The van der Waals surface area contributed by atoms with Crippen molar-refractivity contribution in [3.63, 3.8) is 0 Å². The minimum Gasteiger partial charge on any atom is -0.462 e. The molecule has 3 aromatic heterocycles. The minimum absolute atomic E-state index is 0.156. The number of rotatable bonds is 6. The molecule has 0 aliphatic carbocycles. The molecule has 0 saturated heterocycles. The molecule has 9 heteroatoms. The third kappa shape index (κ3) is 3.71. The summed E-state index contributed by atoms with van der Waals surface area (Å²) >= 11 is 0. The van der Waals surface area contributed by atoms with Gasteiger partial charge in [-0.3, -0.25) is 4.98 Å². The van der Waals surface area contributed by atoms with Crippen LogP contribution in [0.5, 0.6) is 0 Å². The fraction of sp³-hybridized carbons (Fsp3) is 0.188. The van der Waals surface area contributed by atoms with E-state index in [1.807, 2.05) is 12.1 Å². The van der Waals surface area contributed by atoms with Crippen LogP contribution >= 0.6 is 0 Å². The van der Waals surface area contributed by atoms with Crippen LogP contribution in [0.4, 0.5) is 11.6 Å². The highest BCUT2D eigenvalue weighted by molar-refractivity contribution is 5.94. The quantitative estimate of drug-likeness (QED) is 0.647. The van der Waals surface area contributed by atoms with E-state index in [1.54, 1.807) is 31.5 Å². The van der Waals surface area contributed by atoms with Crippen molar-refractivity contribution in [2.24, 2.45) is 0 Å². The first-order valence-corrected chi connectivity index (χ1v) is 7.66. The van der Waals surface area contributed by atoms with E-state index in [9.17, 15) is 4.79 Å². The van der Waals surface area contributed by atoms with Gasteiger partial charge >= 0.3 is 5.97 Å². The number of aromatic nitrogens is 5. The lowest BCUT2D eigenvalue weighted by atomic mass is 10.3. The van der Waals surface area contributed by atoms with Gasteiger partial charge in [0.05, 0.1) is 12.8 Å². The molecule has 0 spiro atoms. The number of nitrogens with two attached hydrogens (primary N) is 1. The average molecular weight is 339 g/mol. The molecule has 9 nitrogen and oxygen atoms in total. The maximum Gasteiger partial charge on any atom is 0.343 e. The molecular weight excluding hydrogens is 322 g/mol. The second-order valence-electron chi connectivity index (χ2n) is 5.07. The summed E-state index contributed by atoms with van der Waals surface area (Å²) in [5.74, 6) is 0.640. The van der Waals surface area contributed by atoms with E-state index < -0.39 is 5.97 Å². The normalized spacial score (nSPS) is 10.4. The van der Waals surface area contributed by atoms with E-state index in [0.717, 1.165) is 5.56 Å². The third-order valence-corrected chi connectivity index (χ3v) is 3.37. The number of nitrogens with one attached hydrogen (secondary N) is 1. The smallest absolute Gasteiger partial charge is 0.343 e. The summed E-state index contributed by atoms with van der Waals surface area (Å²) < 4.78 is 6.27. The number of ether oxygens (including phenoxy) is 1. The molecular formula is C16H17N7O2. The van der Waals surface area contributed by atoms with Gasteiger partial charge in [0.2, 0.25) is 0 Å². The van der Waals surface area contributed by atoms with Crippen LogP contribution in [0, 0.1) is 0 Å². The predicted octanol–water partition coefficient (Wildman–Crippen LogP) is 1.43. The Labute approximate surface area is 143 Å². The number of carbonyl (C=O) groups is 1. The van der Waals surface area contributed by atoms with Gasteiger partial charge in [0.1, 0.15) is 17.2 Å². The molecule has 0 atom stereocenters. The molecule has 3 aromatic rings. The van der Waals surface area contributed by atoms with Crippen molar-refractivity contribution in [3.8, 4) is 5.82 Å². The number of pyridine rings is 1. The molecule has 0 aliphatic heterocycles. The van der Waals surface area contributed by atoms with Gasteiger partial charge in [-0.1, -0.05) is 6.07 Å². The fourth-order valence-corrected chi connectivity index (χ4v) is 2.13. The summed E-state index contributed by atoms with van der Waals surface area (Å²) in [6.45, 7) is 2.57. The number of esters is 1. The lowest BCUT2D eigenvalue weighted by molar-refractivity contribution is 0.0527. The highest BCUT2D eigenvalue weighted by atomic mass is 16.5. The van der Waals surface area contributed by atoms with Crippen LogP contribution in [-0.2, 0) is 11.3 Å². The predicted molar refractivity (Wildman–Crippen MR) is 91.1 cm³/mol. The molecule has 0 aromatic carbocycles. The van der Waals surface area contributed by atoms with Gasteiger partial charge in [-0.25, -0.2) is 4.79 Å². The Morgan fingerprint density at radius 2 is 2.16 bits per heavy atom. The van der Waals surface area contributed by atoms with Gasteiger partial charge < -0.3 is 15.8 Å². The zero-order valence-electron chi connectivity index (χ0n) is 13.6. The molecule has 0 unspecified atom stereocenters. The minimum atomic E-state index is -0.519. The Kier molecular flexibility index (Phi) is 4.84. The molecule has 3 heterocycles. The Balaban J connectivity index is 1.71. The molecule has 128 valence electrons. The Morgan fingerprint density at radius 1 is 1.28 bits per heavy atom. The molecule has 3 rings (SSSR count). The van der Waals surface area contributed by atoms with Crippen LogP contribution in [0.1, 0.15) is 22.8 Å². The molecule has 3 N–H and O–H groups in total. The van der Waals surface area contributed by atoms with E-state index in [2.05, 4.69) is 25.6 Å². The van der Waals surface area contributed by atoms with Gasteiger partial charge in [-0.05, 0) is 30.7 Å². The third-order valence-electron chi connectivity index (χ3n) is 3.37. The summed E-state index contributed by atoms with van der Waals surface area (Å²) in [7, 11) is 0. The number of nitrogen functional groups attached to an aromatic ring is 1. The van der Waals surface area contributed by atoms with Gasteiger partial charge in [0, 0.05) is 18.9 Å². The van der Waals surface area contributed by atoms with Crippen LogP contribution < -0.4 is 11.1 Å². The SMILES string of the molecule is CCOC(=O)c1cnn(-c2ccc(NCc3cccnc3)nn2)c1N. The van der Waals surface area contributed by atoms with Crippen molar-refractivity contribution in [2.45, 2.75) is 13.5 Å². The highest BCUT2D eigenvalue weighted by Gasteiger charge is 2.17. The molecule has 0 fully saturated rings. The van der Waals surface area contributed by atoms with Crippen molar-refractivity contribution in [2.75, 3.05) is 17.7 Å². The first-order valence-electron chi connectivity index (χ1n) is 7.66. The van der Waals surface area contributed by atoms with Crippen molar-refractivity contribution in [1.82, 2.24) is 25.0 Å². The lowest BCUT2D eigenvalue weighted by Gasteiger charge is -2.07. The molecule has 0 saturated carbocycles. The maximum absolute atomic E-state index is 11.8. The largest absolute Gasteiger partial charge is 0.462 e. The molecule has 0 amide bonds. The van der Waals surface area contributed by atoms with Gasteiger partial charge in [-0.2, -0.15) is 9.78 Å². The van der Waals surface area contributed by atoms with Gasteiger partial charge in [-0.15, -0.1) is 10.2 Å². The Hall–Kier alpha value is -3.49. The fourth-order valence-electron chi connectivity index (χ4n) is 2.13. The van der Waals surface area contributed by atoms with E-state index >= 15 is 0 Å². The van der Waals surface area contributed by atoms with Gasteiger partial charge in [0.25, 0.3) is 0 Å². The van der Waals surface area contributed by atoms with E-state index in [1.165, 1.54) is 10.9 Å². The van der Waals surface area contributed by atoms with Crippen molar-refractivity contribution >= 4 is 17.6 Å². The van der Waals surface area contributed by atoms with Crippen LogP contribution in [-0.4, -0.2) is 37.5 Å². The standard InChI is InChI=1S/C16H17N7O2/c1-2-25-16(24)12-10-20-23(15(12)17)14-6-5-13(21-22-14)19-9-11-4-3-7-18-8-11/h3-8,10H,2,9,17H2,1H3,(H,19,21). The Morgan fingerprint density at radius 3 is 2.84 bits per heavy atom. The zero-order valence-corrected chi connectivity index (χ0v) is 13.6. The summed E-state index contributed by atoms with van der Waals surface area (Å²) in [6, 6.07) is 7.29.